The van der Waals surface area contributed by atoms with E-state index >= 15 is 0 Å². The summed E-state index contributed by atoms with van der Waals surface area (Å²) in [5, 5.41) is 8.89. The van der Waals surface area contributed by atoms with Crippen molar-refractivity contribution in [3.8, 4) is 0 Å². The molecule has 2 saturated heterocycles. The van der Waals surface area contributed by atoms with Gasteiger partial charge in [-0.1, -0.05) is 0 Å². The lowest BCUT2D eigenvalue weighted by Crippen LogP contribution is -2.39. The smallest absolute Gasteiger partial charge is 0.232 e. The molecule has 1 aromatic heterocycles. The minimum Gasteiger partial charge on any atom is -0.342 e. The largest absolute Gasteiger partial charge is 0.342 e. The molecule has 7 heteroatoms. The fraction of sp³-hybridized carbons (Fsp3) is 0.812. The van der Waals surface area contributed by atoms with Gasteiger partial charge in [-0.2, -0.15) is 11.8 Å². The molecule has 0 saturated carbocycles. The molecule has 23 heavy (non-hydrogen) atoms. The van der Waals surface area contributed by atoms with Crippen LogP contribution in [0.1, 0.15) is 43.3 Å². The predicted molar refractivity (Wildman–Crippen MR) is 92.5 cm³/mol. The number of hydrogen-bond donors (Lipinski definition) is 0. The molecule has 1 amide bonds. The van der Waals surface area contributed by atoms with Crippen LogP contribution < -0.4 is 0 Å². The Balaban J connectivity index is 1.58. The van der Waals surface area contributed by atoms with Gasteiger partial charge < -0.3 is 9.47 Å². The number of nitrogens with zero attached hydrogens (tertiary/aromatic N) is 5. The molecule has 0 radical (unpaired) electrons. The van der Waals surface area contributed by atoms with Gasteiger partial charge in [0.25, 0.3) is 0 Å². The van der Waals surface area contributed by atoms with Crippen molar-refractivity contribution in [1.29, 1.82) is 0 Å². The molecule has 0 unspecified atom stereocenters. The van der Waals surface area contributed by atoms with E-state index < -0.39 is 0 Å². The van der Waals surface area contributed by atoms with Crippen molar-refractivity contribution in [2.24, 2.45) is 7.05 Å². The van der Waals surface area contributed by atoms with Crippen LogP contribution in [0.25, 0.3) is 0 Å². The molecular weight excluding hydrogens is 310 g/mol. The van der Waals surface area contributed by atoms with Gasteiger partial charge in [-0.25, -0.2) is 0 Å². The zero-order valence-electron chi connectivity index (χ0n) is 14.2. The number of hydrogen-bond acceptors (Lipinski definition) is 5. The van der Waals surface area contributed by atoms with Crippen LogP contribution in [-0.4, -0.2) is 68.7 Å². The molecule has 0 N–H and O–H groups in total. The topological polar surface area (TPSA) is 54.3 Å². The zero-order chi connectivity index (χ0) is 16.2. The van der Waals surface area contributed by atoms with Gasteiger partial charge >= 0.3 is 0 Å². The summed E-state index contributed by atoms with van der Waals surface area (Å²) in [6, 6.07) is 0. The maximum atomic E-state index is 12.0. The Labute approximate surface area is 142 Å². The van der Waals surface area contributed by atoms with Crippen molar-refractivity contribution in [1.82, 2.24) is 24.6 Å². The zero-order valence-corrected chi connectivity index (χ0v) is 15.0. The Hall–Kier alpha value is -1.08. The second-order valence-electron chi connectivity index (χ2n) is 6.60. The second kappa shape index (κ2) is 7.66. The maximum absolute atomic E-state index is 12.0. The monoisotopic (exact) mass is 337 g/mol. The van der Waals surface area contributed by atoms with Gasteiger partial charge in [-0.3, -0.25) is 9.69 Å². The number of likely N-dealkylation sites (tertiary alicyclic amines) is 2. The summed E-state index contributed by atoms with van der Waals surface area (Å²) in [5.74, 6) is 3.45. The third kappa shape index (κ3) is 3.88. The molecule has 0 aromatic carbocycles. The van der Waals surface area contributed by atoms with Crippen LogP contribution >= 0.6 is 11.8 Å². The minimum absolute atomic E-state index is 0.267. The Morgan fingerprint density at radius 3 is 2.52 bits per heavy atom. The van der Waals surface area contributed by atoms with Crippen molar-refractivity contribution >= 4 is 17.7 Å². The lowest BCUT2D eigenvalue weighted by molar-refractivity contribution is -0.129. The Kier molecular flexibility index (Phi) is 5.58. The van der Waals surface area contributed by atoms with E-state index in [4.69, 9.17) is 0 Å². The van der Waals surface area contributed by atoms with Crippen LogP contribution in [0.3, 0.4) is 0 Å². The molecule has 3 heterocycles. The van der Waals surface area contributed by atoms with Crippen molar-refractivity contribution in [3.63, 3.8) is 0 Å². The fourth-order valence-electron chi connectivity index (χ4n) is 3.61. The first kappa shape index (κ1) is 16.8. The van der Waals surface area contributed by atoms with Crippen LogP contribution in [0.15, 0.2) is 0 Å². The average molecular weight is 337 g/mol. The van der Waals surface area contributed by atoms with E-state index in [1.54, 1.807) is 11.8 Å². The first-order chi connectivity index (χ1) is 11.2. The van der Waals surface area contributed by atoms with Crippen molar-refractivity contribution in [3.05, 3.63) is 11.6 Å². The van der Waals surface area contributed by atoms with Gasteiger partial charge in [0.1, 0.15) is 11.6 Å². The molecule has 128 valence electrons. The van der Waals surface area contributed by atoms with Crippen LogP contribution in [0.2, 0.25) is 0 Å². The average Bonchev–Trinajstić information content (AvgIpc) is 3.19. The highest BCUT2D eigenvalue weighted by molar-refractivity contribution is 7.99. The standard InChI is InChI=1S/C16H27N5OS/c1-19-14(11-20-7-3-4-8-20)17-18-16(19)13-5-9-21(10-6-13)15(22)12-23-2/h13H,3-12H2,1-2H3. The van der Waals surface area contributed by atoms with Crippen LogP contribution in [0.4, 0.5) is 0 Å². The summed E-state index contributed by atoms with van der Waals surface area (Å²) in [6.45, 7) is 4.96. The van der Waals surface area contributed by atoms with Crippen molar-refractivity contribution in [2.75, 3.05) is 38.2 Å². The van der Waals surface area contributed by atoms with E-state index in [0.717, 1.165) is 44.1 Å². The van der Waals surface area contributed by atoms with E-state index in [1.165, 1.54) is 25.9 Å². The first-order valence-corrected chi connectivity index (χ1v) is 9.95. The lowest BCUT2D eigenvalue weighted by atomic mass is 9.96. The van der Waals surface area contributed by atoms with Crippen molar-refractivity contribution in [2.45, 2.75) is 38.1 Å². The number of carbonyl (C=O) groups is 1. The number of thioether (sulfide) groups is 1. The van der Waals surface area contributed by atoms with Crippen LogP contribution in [-0.2, 0) is 18.4 Å². The number of aromatic nitrogens is 3. The van der Waals surface area contributed by atoms with E-state index in [9.17, 15) is 4.79 Å². The molecule has 2 fully saturated rings. The first-order valence-electron chi connectivity index (χ1n) is 8.56. The van der Waals surface area contributed by atoms with E-state index in [0.29, 0.717) is 11.7 Å². The summed E-state index contributed by atoms with van der Waals surface area (Å²) >= 11 is 1.60. The normalized spacial score (nSPS) is 20.3. The number of piperidine rings is 1. The van der Waals surface area contributed by atoms with Gasteiger partial charge in [-0.15, -0.1) is 10.2 Å². The Morgan fingerprint density at radius 2 is 1.87 bits per heavy atom. The highest BCUT2D eigenvalue weighted by Crippen LogP contribution is 2.27. The van der Waals surface area contributed by atoms with Gasteiger partial charge in [0.05, 0.1) is 12.3 Å². The molecule has 0 spiro atoms. The SMILES string of the molecule is CSCC(=O)N1CCC(c2nnc(CN3CCCC3)n2C)CC1. The number of rotatable bonds is 5. The van der Waals surface area contributed by atoms with Crippen molar-refractivity contribution < 1.29 is 4.79 Å². The Bertz CT molecular complexity index is 533. The molecule has 6 nitrogen and oxygen atoms in total. The van der Waals surface area contributed by atoms with Crippen LogP contribution in [0.5, 0.6) is 0 Å². The quantitative estimate of drug-likeness (QED) is 0.815. The molecule has 3 rings (SSSR count). The van der Waals surface area contributed by atoms with Gasteiger partial charge in [0, 0.05) is 26.1 Å². The van der Waals surface area contributed by atoms with E-state index in [-0.39, 0.29) is 5.91 Å². The summed E-state index contributed by atoms with van der Waals surface area (Å²) in [5.41, 5.74) is 0. The maximum Gasteiger partial charge on any atom is 0.232 e. The molecule has 2 aliphatic heterocycles. The molecule has 0 aliphatic carbocycles. The highest BCUT2D eigenvalue weighted by Gasteiger charge is 2.27. The number of amides is 1. The van der Waals surface area contributed by atoms with Gasteiger partial charge in [0.15, 0.2) is 0 Å². The van der Waals surface area contributed by atoms with Gasteiger partial charge in [0.2, 0.25) is 5.91 Å². The second-order valence-corrected chi connectivity index (χ2v) is 7.47. The third-order valence-electron chi connectivity index (χ3n) is 5.04. The summed E-state index contributed by atoms with van der Waals surface area (Å²) in [7, 11) is 2.09. The van der Waals surface area contributed by atoms with E-state index in [1.807, 2.05) is 11.2 Å². The summed E-state index contributed by atoms with van der Waals surface area (Å²) < 4.78 is 2.18. The molecule has 2 aliphatic rings. The lowest BCUT2D eigenvalue weighted by Gasteiger charge is -2.31. The predicted octanol–water partition coefficient (Wildman–Crippen LogP) is 1.48. The molecule has 1 aromatic rings. The molecular formula is C16H27N5OS. The highest BCUT2D eigenvalue weighted by atomic mass is 32.2. The fourth-order valence-corrected chi connectivity index (χ4v) is 4.04. The minimum atomic E-state index is 0.267. The molecule has 0 bridgehead atoms. The van der Waals surface area contributed by atoms with E-state index in [2.05, 4.69) is 26.7 Å². The Morgan fingerprint density at radius 1 is 1.17 bits per heavy atom. The summed E-state index contributed by atoms with van der Waals surface area (Å²) in [4.78, 5) is 16.4. The van der Waals surface area contributed by atoms with Gasteiger partial charge in [-0.05, 0) is 45.0 Å². The van der Waals surface area contributed by atoms with Crippen LogP contribution in [0, 0.1) is 0 Å². The number of carbonyl (C=O) groups excluding carboxylic acids is 1. The summed E-state index contributed by atoms with van der Waals surface area (Å²) in [6.07, 6.45) is 6.57. The third-order valence-corrected chi connectivity index (χ3v) is 5.58. The molecule has 0 atom stereocenters.